The van der Waals surface area contributed by atoms with Crippen molar-refractivity contribution in [1.29, 1.82) is 0 Å². The summed E-state index contributed by atoms with van der Waals surface area (Å²) in [7, 11) is 1.37. The number of hydrogen-bond acceptors (Lipinski definition) is 5. The Morgan fingerprint density at radius 2 is 2.00 bits per heavy atom. The molecule has 1 heterocycles. The molecule has 0 amide bonds. The van der Waals surface area contributed by atoms with Crippen molar-refractivity contribution in [3.05, 3.63) is 51.7 Å². The molecule has 0 aliphatic heterocycles. The Kier molecular flexibility index (Phi) is 4.94. The minimum Gasteiger partial charge on any atom is -0.478 e. The van der Waals surface area contributed by atoms with Crippen LogP contribution in [0.1, 0.15) is 20.1 Å². The first kappa shape index (κ1) is 15.1. The highest BCUT2D eigenvalue weighted by Crippen LogP contribution is 2.19. The molecule has 0 fully saturated rings. The lowest BCUT2D eigenvalue weighted by atomic mass is 10.2. The van der Waals surface area contributed by atoms with Crippen LogP contribution in [0.15, 0.2) is 36.4 Å². The van der Waals surface area contributed by atoms with E-state index >= 15 is 0 Å². The van der Waals surface area contributed by atoms with Crippen LogP contribution < -0.4 is 5.32 Å². The summed E-state index contributed by atoms with van der Waals surface area (Å²) in [6, 6.07) is 10.5. The van der Waals surface area contributed by atoms with Gasteiger partial charge in [-0.3, -0.25) is 4.79 Å². The zero-order valence-corrected chi connectivity index (χ0v) is 12.3. The van der Waals surface area contributed by atoms with Crippen LogP contribution >= 0.6 is 11.3 Å². The van der Waals surface area contributed by atoms with E-state index in [9.17, 15) is 9.59 Å². The Bertz CT molecular complexity index is 651. The van der Waals surface area contributed by atoms with Crippen molar-refractivity contribution in [2.75, 3.05) is 12.4 Å². The van der Waals surface area contributed by atoms with E-state index in [1.165, 1.54) is 18.4 Å². The first-order valence-corrected chi connectivity index (χ1v) is 7.12. The molecule has 0 aliphatic rings. The maximum Gasteiger partial charge on any atom is 0.335 e. The molecule has 6 heteroatoms. The van der Waals surface area contributed by atoms with Crippen molar-refractivity contribution in [3.8, 4) is 0 Å². The molecule has 21 heavy (non-hydrogen) atoms. The number of carbonyl (C=O) groups is 2. The number of thiophene rings is 1. The van der Waals surface area contributed by atoms with Gasteiger partial charge in [0.15, 0.2) is 0 Å². The molecule has 0 unspecified atom stereocenters. The van der Waals surface area contributed by atoms with Crippen LogP contribution in [0.25, 0.3) is 0 Å². The number of ether oxygens (including phenoxy) is 1. The Morgan fingerprint density at radius 3 is 2.71 bits per heavy atom. The molecule has 0 aliphatic carbocycles. The monoisotopic (exact) mass is 305 g/mol. The molecule has 2 rings (SSSR count). The highest BCUT2D eigenvalue weighted by Gasteiger charge is 2.07. The summed E-state index contributed by atoms with van der Waals surface area (Å²) < 4.78 is 4.62. The average Bonchev–Trinajstić information content (AvgIpc) is 2.92. The van der Waals surface area contributed by atoms with Gasteiger partial charge in [0.1, 0.15) is 0 Å². The van der Waals surface area contributed by atoms with Crippen molar-refractivity contribution < 1.29 is 19.4 Å². The topological polar surface area (TPSA) is 75.6 Å². The predicted molar refractivity (Wildman–Crippen MR) is 80.8 cm³/mol. The normalized spacial score (nSPS) is 10.1. The fourth-order valence-corrected chi connectivity index (χ4v) is 2.72. The number of benzene rings is 1. The first-order chi connectivity index (χ1) is 10.1. The van der Waals surface area contributed by atoms with Crippen molar-refractivity contribution in [2.24, 2.45) is 0 Å². The van der Waals surface area contributed by atoms with Crippen LogP contribution in [0.3, 0.4) is 0 Å². The number of carbonyl (C=O) groups excluding carboxylic acids is 1. The maximum absolute atomic E-state index is 11.2. The molecule has 0 atom stereocenters. The lowest BCUT2D eigenvalue weighted by Gasteiger charge is -2.05. The van der Waals surface area contributed by atoms with E-state index in [1.54, 1.807) is 18.2 Å². The maximum atomic E-state index is 11.2. The highest BCUT2D eigenvalue weighted by atomic mass is 32.1. The van der Waals surface area contributed by atoms with Crippen LogP contribution in [-0.2, 0) is 22.5 Å². The van der Waals surface area contributed by atoms with Crippen molar-refractivity contribution >= 4 is 29.0 Å². The summed E-state index contributed by atoms with van der Waals surface area (Å²) in [5.41, 5.74) is 0.996. The van der Waals surface area contributed by atoms with E-state index in [0.29, 0.717) is 6.54 Å². The van der Waals surface area contributed by atoms with Gasteiger partial charge in [0.25, 0.3) is 0 Å². The number of anilines is 1. The number of nitrogens with one attached hydrogen (secondary N) is 1. The zero-order valence-electron chi connectivity index (χ0n) is 11.5. The molecule has 2 aromatic rings. The predicted octanol–water partition coefficient (Wildman–Crippen LogP) is 2.77. The molecule has 110 valence electrons. The third kappa shape index (κ3) is 4.32. The summed E-state index contributed by atoms with van der Waals surface area (Å²) in [5.74, 6) is -1.21. The smallest absolute Gasteiger partial charge is 0.335 e. The van der Waals surface area contributed by atoms with Crippen molar-refractivity contribution in [3.63, 3.8) is 0 Å². The highest BCUT2D eigenvalue weighted by molar-refractivity contribution is 7.12. The SMILES string of the molecule is COC(=O)Cc1ccc(CNc2cccc(C(=O)O)c2)s1. The zero-order chi connectivity index (χ0) is 15.2. The third-order valence-corrected chi connectivity index (χ3v) is 3.93. The second-order valence-corrected chi connectivity index (χ2v) is 5.61. The number of rotatable bonds is 6. The Morgan fingerprint density at radius 1 is 1.24 bits per heavy atom. The van der Waals surface area contributed by atoms with Crippen LogP contribution in [0.2, 0.25) is 0 Å². The van der Waals surface area contributed by atoms with E-state index in [2.05, 4.69) is 10.1 Å². The fourth-order valence-electron chi connectivity index (χ4n) is 1.78. The number of esters is 1. The quantitative estimate of drug-likeness (QED) is 0.803. The standard InChI is InChI=1S/C15H15NO4S/c1-20-14(17)8-12-5-6-13(21-12)9-16-11-4-2-3-10(7-11)15(18)19/h2-7,16H,8-9H2,1H3,(H,18,19). The number of hydrogen-bond donors (Lipinski definition) is 2. The second kappa shape index (κ2) is 6.90. The van der Waals surface area contributed by atoms with E-state index in [4.69, 9.17) is 5.11 Å². The Balaban J connectivity index is 1.95. The van der Waals surface area contributed by atoms with Crippen LogP contribution in [0.4, 0.5) is 5.69 Å². The van der Waals surface area contributed by atoms with E-state index in [-0.39, 0.29) is 18.0 Å². The molecule has 0 spiro atoms. The molecular weight excluding hydrogens is 290 g/mol. The minimum atomic E-state index is -0.949. The molecular formula is C15H15NO4S. The summed E-state index contributed by atoms with van der Waals surface area (Å²) in [5, 5.41) is 12.1. The van der Waals surface area contributed by atoms with Gasteiger partial charge in [-0.05, 0) is 30.3 Å². The molecule has 0 radical (unpaired) electrons. The van der Waals surface area contributed by atoms with Gasteiger partial charge in [0.05, 0.1) is 19.1 Å². The molecule has 1 aromatic carbocycles. The van der Waals surface area contributed by atoms with Gasteiger partial charge < -0.3 is 15.2 Å². The third-order valence-electron chi connectivity index (χ3n) is 2.84. The molecule has 1 aromatic heterocycles. The summed E-state index contributed by atoms with van der Waals surface area (Å²) in [4.78, 5) is 24.1. The van der Waals surface area contributed by atoms with Crippen molar-refractivity contribution in [1.82, 2.24) is 0 Å². The van der Waals surface area contributed by atoms with Crippen LogP contribution in [0, 0.1) is 0 Å². The van der Waals surface area contributed by atoms with Gasteiger partial charge in [-0.2, -0.15) is 0 Å². The van der Waals surface area contributed by atoms with Gasteiger partial charge >= 0.3 is 11.9 Å². The van der Waals surface area contributed by atoms with E-state index in [0.717, 1.165) is 15.4 Å². The van der Waals surface area contributed by atoms with Gasteiger partial charge in [-0.1, -0.05) is 6.07 Å². The molecule has 0 saturated heterocycles. The average molecular weight is 305 g/mol. The fraction of sp³-hybridized carbons (Fsp3) is 0.200. The van der Waals surface area contributed by atoms with Gasteiger partial charge in [0.2, 0.25) is 0 Å². The molecule has 2 N–H and O–H groups in total. The first-order valence-electron chi connectivity index (χ1n) is 6.30. The molecule has 0 saturated carbocycles. The number of carboxylic acids is 1. The van der Waals surface area contributed by atoms with E-state index < -0.39 is 5.97 Å². The Hall–Kier alpha value is -2.34. The number of methoxy groups -OCH3 is 1. The lowest BCUT2D eigenvalue weighted by molar-refractivity contribution is -0.139. The summed E-state index contributed by atoms with van der Waals surface area (Å²) in [6.45, 7) is 0.578. The van der Waals surface area contributed by atoms with Gasteiger partial charge in [-0.25, -0.2) is 4.79 Å². The van der Waals surface area contributed by atoms with Crippen LogP contribution in [-0.4, -0.2) is 24.2 Å². The lowest BCUT2D eigenvalue weighted by Crippen LogP contribution is -2.02. The van der Waals surface area contributed by atoms with Gasteiger partial charge in [-0.15, -0.1) is 11.3 Å². The number of carboxylic acid groups (broad SMARTS) is 1. The summed E-state index contributed by atoms with van der Waals surface area (Å²) in [6.07, 6.45) is 0.273. The summed E-state index contributed by atoms with van der Waals surface area (Å²) >= 11 is 1.53. The second-order valence-electron chi connectivity index (χ2n) is 4.36. The Labute approximate surface area is 126 Å². The number of aromatic carboxylic acids is 1. The largest absolute Gasteiger partial charge is 0.478 e. The molecule has 0 bridgehead atoms. The van der Waals surface area contributed by atoms with Gasteiger partial charge in [0, 0.05) is 22.0 Å². The minimum absolute atomic E-state index is 0.248. The van der Waals surface area contributed by atoms with E-state index in [1.807, 2.05) is 18.2 Å². The van der Waals surface area contributed by atoms with Crippen molar-refractivity contribution in [2.45, 2.75) is 13.0 Å². The molecule has 5 nitrogen and oxygen atoms in total. The van der Waals surface area contributed by atoms with Crippen LogP contribution in [0.5, 0.6) is 0 Å².